The first kappa shape index (κ1) is 11.2. The molecule has 2 N–H and O–H groups in total. The summed E-state index contributed by atoms with van der Waals surface area (Å²) in [5, 5.41) is 3.67. The van der Waals surface area contributed by atoms with Crippen LogP contribution in [0.15, 0.2) is 29.6 Å². The van der Waals surface area contributed by atoms with Crippen LogP contribution in [0.3, 0.4) is 0 Å². The lowest BCUT2D eigenvalue weighted by Gasteiger charge is -2.12. The minimum absolute atomic E-state index is 0.322. The van der Waals surface area contributed by atoms with Gasteiger partial charge >= 0.3 is 0 Å². The van der Waals surface area contributed by atoms with Crippen LogP contribution in [-0.4, -0.2) is 6.04 Å². The van der Waals surface area contributed by atoms with E-state index in [1.165, 1.54) is 22.1 Å². The van der Waals surface area contributed by atoms with Gasteiger partial charge in [0.2, 0.25) is 0 Å². The van der Waals surface area contributed by atoms with Crippen LogP contribution in [-0.2, 0) is 6.42 Å². The highest BCUT2D eigenvalue weighted by molar-refractivity contribution is 7.17. The second kappa shape index (κ2) is 3.82. The molecule has 0 amide bonds. The summed E-state index contributed by atoms with van der Waals surface area (Å²) in [4.78, 5) is 0. The fraction of sp³-hybridized carbons (Fsp3) is 0.467. The minimum atomic E-state index is 0.322. The number of rotatable bonds is 3. The smallest absolute Gasteiger partial charge is 0.0345 e. The SMILES string of the molecule is CC1(C)CC1C(N)Cc1csc2ccccc12. The maximum Gasteiger partial charge on any atom is 0.0345 e. The van der Waals surface area contributed by atoms with Gasteiger partial charge in [-0.2, -0.15) is 0 Å². The van der Waals surface area contributed by atoms with E-state index in [4.69, 9.17) is 5.73 Å². The van der Waals surface area contributed by atoms with Gasteiger partial charge in [-0.1, -0.05) is 32.0 Å². The topological polar surface area (TPSA) is 26.0 Å². The normalized spacial score (nSPS) is 23.8. The average Bonchev–Trinajstić information content (AvgIpc) is 2.77. The summed E-state index contributed by atoms with van der Waals surface area (Å²) >= 11 is 1.83. The summed E-state index contributed by atoms with van der Waals surface area (Å²) < 4.78 is 1.38. The summed E-state index contributed by atoms with van der Waals surface area (Å²) in [6, 6.07) is 8.95. The Bertz CT molecular complexity index is 541. The van der Waals surface area contributed by atoms with Gasteiger partial charge in [-0.05, 0) is 46.6 Å². The maximum atomic E-state index is 6.34. The van der Waals surface area contributed by atoms with Crippen LogP contribution in [0, 0.1) is 11.3 Å². The van der Waals surface area contributed by atoms with Crippen molar-refractivity contribution in [3.05, 3.63) is 35.2 Å². The quantitative estimate of drug-likeness (QED) is 0.874. The third-order valence-corrected chi connectivity index (χ3v) is 5.14. The first-order chi connectivity index (χ1) is 8.08. The zero-order chi connectivity index (χ0) is 12.0. The van der Waals surface area contributed by atoms with Gasteiger partial charge in [-0.25, -0.2) is 0 Å². The van der Waals surface area contributed by atoms with Gasteiger partial charge in [0.25, 0.3) is 0 Å². The Hall–Kier alpha value is -0.860. The molecule has 1 aromatic carbocycles. The fourth-order valence-corrected chi connectivity index (χ4v) is 3.80. The van der Waals surface area contributed by atoms with Crippen LogP contribution in [0.4, 0.5) is 0 Å². The zero-order valence-electron chi connectivity index (χ0n) is 10.4. The Labute approximate surface area is 107 Å². The molecule has 1 aromatic heterocycles. The van der Waals surface area contributed by atoms with Crippen LogP contribution < -0.4 is 5.73 Å². The van der Waals surface area contributed by atoms with E-state index in [1.807, 2.05) is 11.3 Å². The van der Waals surface area contributed by atoms with E-state index in [1.54, 1.807) is 0 Å². The monoisotopic (exact) mass is 245 g/mol. The van der Waals surface area contributed by atoms with Crippen molar-refractivity contribution in [1.29, 1.82) is 0 Å². The molecule has 1 saturated carbocycles. The van der Waals surface area contributed by atoms with Crippen LogP contribution in [0.25, 0.3) is 10.1 Å². The number of benzene rings is 1. The molecular formula is C15H19NS. The largest absolute Gasteiger partial charge is 0.327 e. The summed E-state index contributed by atoms with van der Waals surface area (Å²) in [6.45, 7) is 4.65. The number of hydrogen-bond acceptors (Lipinski definition) is 2. The molecule has 17 heavy (non-hydrogen) atoms. The molecule has 1 heterocycles. The molecule has 90 valence electrons. The van der Waals surface area contributed by atoms with Crippen LogP contribution in [0.5, 0.6) is 0 Å². The van der Waals surface area contributed by atoms with Crippen molar-refractivity contribution in [3.8, 4) is 0 Å². The van der Waals surface area contributed by atoms with E-state index in [0.29, 0.717) is 17.4 Å². The summed E-state index contributed by atoms with van der Waals surface area (Å²) in [7, 11) is 0. The molecule has 1 fully saturated rings. The van der Waals surface area contributed by atoms with Crippen molar-refractivity contribution in [1.82, 2.24) is 0 Å². The predicted octanol–water partition coefficient (Wildman–Crippen LogP) is 3.82. The van der Waals surface area contributed by atoms with Gasteiger partial charge in [0, 0.05) is 10.7 Å². The van der Waals surface area contributed by atoms with Crippen molar-refractivity contribution in [2.24, 2.45) is 17.1 Å². The molecule has 0 aliphatic heterocycles. The molecular weight excluding hydrogens is 226 g/mol. The Morgan fingerprint density at radius 2 is 2.12 bits per heavy atom. The van der Waals surface area contributed by atoms with Crippen molar-refractivity contribution >= 4 is 21.4 Å². The molecule has 0 spiro atoms. The van der Waals surface area contributed by atoms with E-state index >= 15 is 0 Å². The average molecular weight is 245 g/mol. The van der Waals surface area contributed by atoms with Crippen LogP contribution in [0.1, 0.15) is 25.8 Å². The highest BCUT2D eigenvalue weighted by Gasteiger charge is 2.48. The predicted molar refractivity (Wildman–Crippen MR) is 75.4 cm³/mol. The lowest BCUT2D eigenvalue weighted by molar-refractivity contribution is 0.477. The summed E-state index contributed by atoms with van der Waals surface area (Å²) in [5.74, 6) is 0.709. The first-order valence-electron chi connectivity index (χ1n) is 6.28. The van der Waals surface area contributed by atoms with E-state index in [0.717, 1.165) is 6.42 Å². The molecule has 1 aliphatic carbocycles. The van der Waals surface area contributed by atoms with E-state index in [2.05, 4.69) is 43.5 Å². The molecule has 0 bridgehead atoms. The minimum Gasteiger partial charge on any atom is -0.327 e. The van der Waals surface area contributed by atoms with E-state index in [-0.39, 0.29) is 0 Å². The molecule has 0 radical (unpaired) electrons. The molecule has 2 atom stereocenters. The van der Waals surface area contributed by atoms with Crippen LogP contribution >= 0.6 is 11.3 Å². The molecule has 1 aliphatic rings. The summed E-state index contributed by atoms with van der Waals surface area (Å²) in [5.41, 5.74) is 8.25. The highest BCUT2D eigenvalue weighted by Crippen LogP contribution is 2.53. The van der Waals surface area contributed by atoms with Crippen molar-refractivity contribution in [2.75, 3.05) is 0 Å². The Kier molecular flexibility index (Phi) is 2.53. The van der Waals surface area contributed by atoms with Gasteiger partial charge in [0.05, 0.1) is 0 Å². The van der Waals surface area contributed by atoms with Gasteiger partial charge < -0.3 is 5.73 Å². The standard InChI is InChI=1S/C15H19NS/c1-15(2)8-12(15)13(16)7-10-9-17-14-6-4-3-5-11(10)14/h3-6,9,12-13H,7-8,16H2,1-2H3. The Balaban J connectivity index is 1.81. The lowest BCUT2D eigenvalue weighted by Crippen LogP contribution is -2.27. The van der Waals surface area contributed by atoms with Gasteiger partial charge in [0.15, 0.2) is 0 Å². The van der Waals surface area contributed by atoms with Crippen molar-refractivity contribution in [2.45, 2.75) is 32.7 Å². The third-order valence-electron chi connectivity index (χ3n) is 4.12. The zero-order valence-corrected chi connectivity index (χ0v) is 11.3. The third kappa shape index (κ3) is 2.00. The summed E-state index contributed by atoms with van der Waals surface area (Å²) in [6.07, 6.45) is 2.31. The van der Waals surface area contributed by atoms with Crippen molar-refractivity contribution in [3.63, 3.8) is 0 Å². The van der Waals surface area contributed by atoms with E-state index < -0.39 is 0 Å². The van der Waals surface area contributed by atoms with Crippen LogP contribution in [0.2, 0.25) is 0 Å². The number of hydrogen-bond donors (Lipinski definition) is 1. The molecule has 0 saturated heterocycles. The second-order valence-corrected chi connectivity index (χ2v) is 6.84. The molecule has 2 unspecified atom stereocenters. The molecule has 2 heteroatoms. The fourth-order valence-electron chi connectivity index (χ4n) is 2.83. The number of thiophene rings is 1. The van der Waals surface area contributed by atoms with E-state index in [9.17, 15) is 0 Å². The van der Waals surface area contributed by atoms with Crippen molar-refractivity contribution < 1.29 is 0 Å². The second-order valence-electron chi connectivity index (χ2n) is 5.92. The highest BCUT2D eigenvalue weighted by atomic mass is 32.1. The number of nitrogens with two attached hydrogens (primary N) is 1. The van der Waals surface area contributed by atoms with Gasteiger partial charge in [-0.3, -0.25) is 0 Å². The number of fused-ring (bicyclic) bond motifs is 1. The Morgan fingerprint density at radius 3 is 2.82 bits per heavy atom. The lowest BCUT2D eigenvalue weighted by atomic mass is 9.98. The van der Waals surface area contributed by atoms with Gasteiger partial charge in [-0.15, -0.1) is 11.3 Å². The Morgan fingerprint density at radius 1 is 1.41 bits per heavy atom. The first-order valence-corrected chi connectivity index (χ1v) is 7.16. The molecule has 3 rings (SSSR count). The molecule has 1 nitrogen and oxygen atoms in total. The molecule has 2 aromatic rings. The van der Waals surface area contributed by atoms with Gasteiger partial charge in [0.1, 0.15) is 0 Å². The maximum absolute atomic E-state index is 6.34.